The molecule has 0 atom stereocenters. The van der Waals surface area contributed by atoms with Crippen molar-refractivity contribution in [2.45, 2.75) is 32.1 Å². The highest BCUT2D eigenvalue weighted by molar-refractivity contribution is 5.81. The molecule has 0 bridgehead atoms. The molecule has 42 heavy (non-hydrogen) atoms. The number of hydrogen-bond acceptors (Lipinski definition) is 7. The molecule has 6 rings (SSSR count). The molecule has 1 aliphatic rings. The first-order chi connectivity index (χ1) is 20.1. The molecule has 5 aromatic rings. The number of carbonyl (C=O) groups is 1. The van der Waals surface area contributed by atoms with Gasteiger partial charge in [-0.3, -0.25) is 4.79 Å². The smallest absolute Gasteiger partial charge is 0.435 e. The molecule has 0 spiro atoms. The van der Waals surface area contributed by atoms with Crippen molar-refractivity contribution >= 4 is 34.0 Å². The lowest BCUT2D eigenvalue weighted by Gasteiger charge is -2.30. The van der Waals surface area contributed by atoms with Gasteiger partial charge in [-0.25, -0.2) is 23.3 Å². The molecule has 1 aliphatic heterocycles. The topological polar surface area (TPSA) is 91.6 Å². The lowest BCUT2D eigenvalue weighted by atomic mass is 10.1. The van der Waals surface area contributed by atoms with Crippen LogP contribution < -0.4 is 14.5 Å². The van der Waals surface area contributed by atoms with E-state index in [0.717, 1.165) is 22.3 Å². The minimum absolute atomic E-state index is 0.0203. The summed E-state index contributed by atoms with van der Waals surface area (Å²) < 4.78 is 76.3. The lowest BCUT2D eigenvalue weighted by Crippen LogP contribution is -2.35. The number of alkyl halides is 3. The van der Waals surface area contributed by atoms with E-state index in [2.05, 4.69) is 20.1 Å². The van der Waals surface area contributed by atoms with Gasteiger partial charge in [0.05, 0.1) is 31.1 Å². The number of rotatable bonds is 7. The number of methoxy groups -OCH3 is 1. The second-order valence-corrected chi connectivity index (χ2v) is 9.94. The molecule has 0 unspecified atom stereocenters. The first-order valence-electron chi connectivity index (χ1n) is 13.0. The van der Waals surface area contributed by atoms with Crippen LogP contribution in [0.2, 0.25) is 0 Å². The molecular formula is C28H24F5N7O2. The van der Waals surface area contributed by atoms with E-state index in [0.29, 0.717) is 24.5 Å². The lowest BCUT2D eigenvalue weighted by molar-refractivity contribution is -0.142. The van der Waals surface area contributed by atoms with Gasteiger partial charge in [-0.15, -0.1) is 5.10 Å². The van der Waals surface area contributed by atoms with Crippen LogP contribution in [0.5, 0.6) is 5.75 Å². The average Bonchev–Trinajstić information content (AvgIpc) is 3.60. The highest BCUT2D eigenvalue weighted by atomic mass is 19.4. The fraction of sp³-hybridized carbons (Fsp3) is 0.286. The largest absolute Gasteiger partial charge is 0.497 e. The van der Waals surface area contributed by atoms with Crippen molar-refractivity contribution in [2.75, 3.05) is 30.0 Å². The van der Waals surface area contributed by atoms with Crippen LogP contribution in [0.4, 0.5) is 33.5 Å². The summed E-state index contributed by atoms with van der Waals surface area (Å²) in [6, 6.07) is 11.1. The Labute approximate surface area is 235 Å². The van der Waals surface area contributed by atoms with Gasteiger partial charge in [0.25, 0.3) is 0 Å². The Morgan fingerprint density at radius 3 is 2.48 bits per heavy atom. The van der Waals surface area contributed by atoms with Gasteiger partial charge in [-0.1, -0.05) is 12.1 Å². The van der Waals surface area contributed by atoms with Gasteiger partial charge >= 0.3 is 6.18 Å². The zero-order valence-electron chi connectivity index (χ0n) is 22.3. The van der Waals surface area contributed by atoms with E-state index >= 15 is 0 Å². The highest BCUT2D eigenvalue weighted by Gasteiger charge is 2.36. The molecule has 218 valence electrons. The van der Waals surface area contributed by atoms with Crippen molar-refractivity contribution in [1.29, 1.82) is 0 Å². The van der Waals surface area contributed by atoms with Crippen molar-refractivity contribution < 1.29 is 31.5 Å². The Kier molecular flexibility index (Phi) is 6.91. The SMILES string of the molecule is COc1ccc(CN(Cc2nc3c(F)c(F)ccc3[nH]2)c2cc(N3CCC(=O)CC3)nn3c(C(F)(F)F)cnc23)cc1. The molecule has 3 aromatic heterocycles. The average molecular weight is 586 g/mol. The molecule has 9 nitrogen and oxygen atoms in total. The van der Waals surface area contributed by atoms with E-state index in [9.17, 15) is 26.7 Å². The number of fused-ring (bicyclic) bond motifs is 2. The van der Waals surface area contributed by atoms with Crippen LogP contribution in [0.25, 0.3) is 16.7 Å². The summed E-state index contributed by atoms with van der Waals surface area (Å²) >= 11 is 0. The number of ether oxygens (including phenoxy) is 1. The molecule has 2 aromatic carbocycles. The quantitative estimate of drug-likeness (QED) is 0.260. The van der Waals surface area contributed by atoms with Gasteiger partial charge in [0.15, 0.2) is 28.8 Å². The summed E-state index contributed by atoms with van der Waals surface area (Å²) in [5.74, 6) is -0.963. The Hall–Kier alpha value is -4.75. The maximum Gasteiger partial charge on any atom is 0.435 e. The van der Waals surface area contributed by atoms with Crippen molar-refractivity contribution in [3.8, 4) is 5.75 Å². The maximum atomic E-state index is 14.5. The van der Waals surface area contributed by atoms with Gasteiger partial charge in [-0.2, -0.15) is 13.2 Å². The van der Waals surface area contributed by atoms with Crippen molar-refractivity contribution in [3.05, 3.63) is 77.4 Å². The molecule has 14 heteroatoms. The Bertz CT molecular complexity index is 1770. The van der Waals surface area contributed by atoms with Gasteiger partial charge in [0.2, 0.25) is 0 Å². The second kappa shape index (κ2) is 10.6. The highest BCUT2D eigenvalue weighted by Crippen LogP contribution is 2.35. The molecular weight excluding hydrogens is 561 g/mol. The number of benzene rings is 2. The van der Waals surface area contributed by atoms with E-state index in [-0.39, 0.29) is 60.0 Å². The predicted octanol–water partition coefficient (Wildman–Crippen LogP) is 5.29. The summed E-state index contributed by atoms with van der Waals surface area (Å²) in [5, 5.41) is 4.28. The first-order valence-corrected chi connectivity index (χ1v) is 13.0. The van der Waals surface area contributed by atoms with Crippen LogP contribution in [0.15, 0.2) is 48.7 Å². The third-order valence-electron chi connectivity index (χ3n) is 7.18. The van der Waals surface area contributed by atoms with Crippen molar-refractivity contribution in [2.24, 2.45) is 0 Å². The number of H-pyrrole nitrogens is 1. The van der Waals surface area contributed by atoms with Crippen LogP contribution in [0.3, 0.4) is 0 Å². The molecule has 0 amide bonds. The van der Waals surface area contributed by atoms with Gasteiger partial charge in [0, 0.05) is 38.5 Å². The third kappa shape index (κ3) is 5.19. The zero-order valence-corrected chi connectivity index (χ0v) is 22.3. The number of aromatic amines is 1. The van der Waals surface area contributed by atoms with Gasteiger partial charge in [0.1, 0.15) is 22.9 Å². The van der Waals surface area contributed by atoms with Crippen LogP contribution in [-0.4, -0.2) is 50.5 Å². The van der Waals surface area contributed by atoms with Crippen LogP contribution in [-0.2, 0) is 24.1 Å². The van der Waals surface area contributed by atoms with E-state index in [1.807, 2.05) is 12.1 Å². The molecule has 4 heterocycles. The number of Topliss-reactive ketones (excluding diaryl/α,β-unsaturated/α-hetero) is 1. The number of aromatic nitrogens is 5. The molecule has 1 saturated heterocycles. The predicted molar refractivity (Wildman–Crippen MR) is 143 cm³/mol. The number of hydrogen-bond donors (Lipinski definition) is 1. The minimum Gasteiger partial charge on any atom is -0.497 e. The molecule has 0 aliphatic carbocycles. The number of nitrogens with one attached hydrogen (secondary N) is 1. The number of nitrogens with zero attached hydrogens (tertiary/aromatic N) is 6. The molecule has 1 fully saturated rings. The fourth-order valence-electron chi connectivity index (χ4n) is 5.01. The Morgan fingerprint density at radius 2 is 1.79 bits per heavy atom. The van der Waals surface area contributed by atoms with Crippen LogP contribution in [0.1, 0.15) is 29.9 Å². The second-order valence-electron chi connectivity index (χ2n) is 9.94. The van der Waals surface area contributed by atoms with Crippen LogP contribution >= 0.6 is 0 Å². The van der Waals surface area contributed by atoms with Gasteiger partial charge < -0.3 is 19.5 Å². The van der Waals surface area contributed by atoms with Crippen molar-refractivity contribution in [1.82, 2.24) is 24.6 Å². The summed E-state index contributed by atoms with van der Waals surface area (Å²) in [6.45, 7) is 0.775. The number of imidazole rings is 2. The fourth-order valence-corrected chi connectivity index (χ4v) is 5.01. The summed E-state index contributed by atoms with van der Waals surface area (Å²) in [5.41, 5.74) is 0.0580. The molecule has 0 radical (unpaired) electrons. The van der Waals surface area contributed by atoms with Crippen LogP contribution in [0, 0.1) is 11.6 Å². The third-order valence-corrected chi connectivity index (χ3v) is 7.18. The number of piperidine rings is 1. The number of ketones is 1. The number of anilines is 2. The van der Waals surface area contributed by atoms with E-state index in [1.54, 1.807) is 28.0 Å². The van der Waals surface area contributed by atoms with E-state index in [4.69, 9.17) is 4.74 Å². The molecule has 1 N–H and O–H groups in total. The van der Waals surface area contributed by atoms with E-state index in [1.165, 1.54) is 13.2 Å². The van der Waals surface area contributed by atoms with Crippen molar-refractivity contribution in [3.63, 3.8) is 0 Å². The molecule has 0 saturated carbocycles. The minimum atomic E-state index is -4.73. The maximum absolute atomic E-state index is 14.5. The van der Waals surface area contributed by atoms with Gasteiger partial charge in [-0.05, 0) is 29.8 Å². The monoisotopic (exact) mass is 585 g/mol. The number of halogens is 5. The Balaban J connectivity index is 1.49. The standard InChI is InChI=1S/C28H24F5N7O2/c1-42-18-4-2-16(3-5-18)14-39(15-23-35-20-7-6-19(29)25(30)26(20)36-23)21-12-24(38-10-8-17(41)9-11-38)37-40-22(28(31,32)33)13-34-27(21)40/h2-7,12-13H,8-11,14-15H2,1H3,(H,35,36). The summed E-state index contributed by atoms with van der Waals surface area (Å²) in [7, 11) is 1.53. The Morgan fingerprint density at radius 1 is 1.05 bits per heavy atom. The summed E-state index contributed by atoms with van der Waals surface area (Å²) in [4.78, 5) is 26.7. The zero-order chi connectivity index (χ0) is 29.6. The van der Waals surface area contributed by atoms with E-state index < -0.39 is 23.5 Å². The normalized spacial score (nSPS) is 14.2. The number of carbonyl (C=O) groups excluding carboxylic acids is 1. The summed E-state index contributed by atoms with van der Waals surface area (Å²) in [6.07, 6.45) is -3.51. The first kappa shape index (κ1) is 27.4.